The lowest BCUT2D eigenvalue weighted by Crippen LogP contribution is -2.15. The number of halogens is 1. The Morgan fingerprint density at radius 3 is 2.72 bits per heavy atom. The van der Waals surface area contributed by atoms with E-state index in [1.165, 1.54) is 12.8 Å². The van der Waals surface area contributed by atoms with Gasteiger partial charge in [-0.3, -0.25) is 0 Å². The van der Waals surface area contributed by atoms with Gasteiger partial charge in [0.05, 0.1) is 13.2 Å². The molecule has 0 heterocycles. The summed E-state index contributed by atoms with van der Waals surface area (Å²) in [5.74, 6) is 1.43. The molecule has 0 amide bonds. The van der Waals surface area contributed by atoms with E-state index in [1.807, 2.05) is 12.1 Å². The average Bonchev–Trinajstić information content (AvgIpc) is 2.85. The van der Waals surface area contributed by atoms with Gasteiger partial charge in [0.15, 0.2) is 11.5 Å². The molecule has 0 aromatic heterocycles. The molecule has 1 aromatic carbocycles. The molecule has 0 spiro atoms. The van der Waals surface area contributed by atoms with E-state index < -0.39 is 0 Å². The minimum atomic E-state index is 0.262. The standard InChI is InChI=1S/C13H18BrNO3/c1-17-12-7-10(14)6-9(8-15-16)13(12)18-11-4-2-3-5-11/h6-7,11,15-16H,2-5,8H2,1H3. The van der Waals surface area contributed by atoms with Crippen LogP contribution in [0.2, 0.25) is 0 Å². The molecule has 0 bridgehead atoms. The zero-order valence-corrected chi connectivity index (χ0v) is 12.0. The maximum absolute atomic E-state index is 8.90. The van der Waals surface area contributed by atoms with Crippen molar-refractivity contribution in [3.63, 3.8) is 0 Å². The molecule has 0 saturated heterocycles. The molecule has 2 rings (SSSR count). The Morgan fingerprint density at radius 1 is 1.39 bits per heavy atom. The van der Waals surface area contributed by atoms with Crippen LogP contribution in [0.1, 0.15) is 31.2 Å². The van der Waals surface area contributed by atoms with Crippen molar-refractivity contribution in [3.8, 4) is 11.5 Å². The third kappa shape index (κ3) is 3.16. The second kappa shape index (κ2) is 6.41. The Bertz CT molecular complexity index is 405. The molecule has 2 N–H and O–H groups in total. The van der Waals surface area contributed by atoms with Crippen LogP contribution in [0.5, 0.6) is 11.5 Å². The third-order valence-electron chi connectivity index (χ3n) is 3.17. The number of ether oxygens (including phenoxy) is 2. The second-order valence-electron chi connectivity index (χ2n) is 4.46. The van der Waals surface area contributed by atoms with Gasteiger partial charge in [-0.05, 0) is 37.8 Å². The molecule has 1 aromatic rings. The Morgan fingerprint density at radius 2 is 2.11 bits per heavy atom. The van der Waals surface area contributed by atoms with Crippen LogP contribution >= 0.6 is 15.9 Å². The van der Waals surface area contributed by atoms with Crippen LogP contribution in [0.25, 0.3) is 0 Å². The van der Waals surface area contributed by atoms with Gasteiger partial charge >= 0.3 is 0 Å². The first-order valence-corrected chi connectivity index (χ1v) is 6.94. The number of hydroxylamine groups is 1. The van der Waals surface area contributed by atoms with E-state index in [2.05, 4.69) is 21.4 Å². The number of methoxy groups -OCH3 is 1. The summed E-state index contributed by atoms with van der Waals surface area (Å²) in [6.07, 6.45) is 4.88. The molecule has 4 nitrogen and oxygen atoms in total. The summed E-state index contributed by atoms with van der Waals surface area (Å²) in [5.41, 5.74) is 3.06. The van der Waals surface area contributed by atoms with E-state index in [4.69, 9.17) is 14.7 Å². The summed E-state index contributed by atoms with van der Waals surface area (Å²) < 4.78 is 12.3. The van der Waals surface area contributed by atoms with E-state index in [9.17, 15) is 0 Å². The minimum Gasteiger partial charge on any atom is -0.493 e. The molecule has 0 radical (unpaired) electrons. The number of hydrogen-bond donors (Lipinski definition) is 2. The van der Waals surface area contributed by atoms with E-state index in [1.54, 1.807) is 7.11 Å². The molecule has 1 fully saturated rings. The Labute approximate surface area is 115 Å². The van der Waals surface area contributed by atoms with Gasteiger partial charge in [0.25, 0.3) is 0 Å². The number of nitrogens with one attached hydrogen (secondary N) is 1. The fourth-order valence-electron chi connectivity index (χ4n) is 2.30. The van der Waals surface area contributed by atoms with Crippen molar-refractivity contribution in [2.75, 3.05) is 7.11 Å². The fourth-order valence-corrected chi connectivity index (χ4v) is 2.78. The first-order valence-electron chi connectivity index (χ1n) is 6.14. The summed E-state index contributed by atoms with van der Waals surface area (Å²) >= 11 is 3.43. The van der Waals surface area contributed by atoms with Crippen molar-refractivity contribution in [2.24, 2.45) is 0 Å². The summed E-state index contributed by atoms with van der Waals surface area (Å²) in [6.45, 7) is 0.331. The molecule has 0 unspecified atom stereocenters. The van der Waals surface area contributed by atoms with Crippen molar-refractivity contribution in [2.45, 2.75) is 38.3 Å². The van der Waals surface area contributed by atoms with E-state index in [-0.39, 0.29) is 6.10 Å². The monoisotopic (exact) mass is 315 g/mol. The molecule has 1 aliphatic rings. The fraction of sp³-hybridized carbons (Fsp3) is 0.538. The normalized spacial score (nSPS) is 15.9. The predicted octanol–water partition coefficient (Wildman–Crippen LogP) is 3.26. The summed E-state index contributed by atoms with van der Waals surface area (Å²) in [6, 6.07) is 3.81. The van der Waals surface area contributed by atoms with Crippen molar-refractivity contribution in [1.29, 1.82) is 0 Å². The van der Waals surface area contributed by atoms with Crippen LogP contribution in [0.3, 0.4) is 0 Å². The molecular formula is C13H18BrNO3. The van der Waals surface area contributed by atoms with Crippen LogP contribution in [0, 0.1) is 0 Å². The van der Waals surface area contributed by atoms with E-state index >= 15 is 0 Å². The maximum atomic E-state index is 8.90. The van der Waals surface area contributed by atoms with Gasteiger partial charge in [-0.15, -0.1) is 0 Å². The molecule has 0 atom stereocenters. The smallest absolute Gasteiger partial charge is 0.166 e. The number of benzene rings is 1. The van der Waals surface area contributed by atoms with E-state index in [0.29, 0.717) is 12.3 Å². The Hall–Kier alpha value is -0.780. The average molecular weight is 316 g/mol. The highest BCUT2D eigenvalue weighted by Crippen LogP contribution is 2.37. The quantitative estimate of drug-likeness (QED) is 0.819. The first kappa shape index (κ1) is 13.6. The van der Waals surface area contributed by atoms with Gasteiger partial charge in [0.2, 0.25) is 0 Å². The third-order valence-corrected chi connectivity index (χ3v) is 3.63. The highest BCUT2D eigenvalue weighted by atomic mass is 79.9. The molecular weight excluding hydrogens is 298 g/mol. The lowest BCUT2D eigenvalue weighted by Gasteiger charge is -2.19. The SMILES string of the molecule is COc1cc(Br)cc(CNO)c1OC1CCCC1. The van der Waals surface area contributed by atoms with Crippen molar-refractivity contribution in [3.05, 3.63) is 22.2 Å². The van der Waals surface area contributed by atoms with Crippen LogP contribution < -0.4 is 15.0 Å². The lowest BCUT2D eigenvalue weighted by molar-refractivity contribution is 0.155. The molecule has 100 valence electrons. The van der Waals surface area contributed by atoms with Crippen LogP contribution in [-0.2, 0) is 6.54 Å². The van der Waals surface area contributed by atoms with E-state index in [0.717, 1.165) is 28.6 Å². The van der Waals surface area contributed by atoms with Crippen molar-refractivity contribution < 1.29 is 14.7 Å². The van der Waals surface area contributed by atoms with Gasteiger partial charge in [0, 0.05) is 16.6 Å². The van der Waals surface area contributed by atoms with Gasteiger partial charge in [0.1, 0.15) is 0 Å². The number of hydrogen-bond acceptors (Lipinski definition) is 4. The molecule has 1 saturated carbocycles. The molecule has 0 aliphatic heterocycles. The van der Waals surface area contributed by atoms with Crippen LogP contribution in [0.15, 0.2) is 16.6 Å². The summed E-state index contributed by atoms with van der Waals surface area (Å²) in [4.78, 5) is 0. The molecule has 1 aliphatic carbocycles. The van der Waals surface area contributed by atoms with Crippen LogP contribution in [-0.4, -0.2) is 18.4 Å². The minimum absolute atomic E-state index is 0.262. The predicted molar refractivity (Wildman–Crippen MR) is 72.2 cm³/mol. The summed E-state index contributed by atoms with van der Waals surface area (Å²) in [5, 5.41) is 8.90. The van der Waals surface area contributed by atoms with Gasteiger partial charge in [-0.2, -0.15) is 0 Å². The highest BCUT2D eigenvalue weighted by Gasteiger charge is 2.21. The zero-order valence-electron chi connectivity index (χ0n) is 10.4. The Balaban J connectivity index is 2.28. The maximum Gasteiger partial charge on any atom is 0.166 e. The molecule has 5 heteroatoms. The Kier molecular flexibility index (Phi) is 4.86. The summed E-state index contributed by atoms with van der Waals surface area (Å²) in [7, 11) is 1.62. The second-order valence-corrected chi connectivity index (χ2v) is 5.37. The van der Waals surface area contributed by atoms with Gasteiger partial charge in [-0.25, -0.2) is 5.48 Å². The largest absolute Gasteiger partial charge is 0.493 e. The first-order chi connectivity index (χ1) is 8.74. The van der Waals surface area contributed by atoms with Gasteiger partial charge in [-0.1, -0.05) is 15.9 Å². The van der Waals surface area contributed by atoms with Crippen molar-refractivity contribution >= 4 is 15.9 Å². The zero-order chi connectivity index (χ0) is 13.0. The lowest BCUT2D eigenvalue weighted by atomic mass is 10.1. The van der Waals surface area contributed by atoms with Gasteiger partial charge < -0.3 is 14.7 Å². The van der Waals surface area contributed by atoms with Crippen LogP contribution in [0.4, 0.5) is 0 Å². The topological polar surface area (TPSA) is 50.7 Å². The highest BCUT2D eigenvalue weighted by molar-refractivity contribution is 9.10. The number of rotatable bonds is 5. The van der Waals surface area contributed by atoms with Crippen molar-refractivity contribution in [1.82, 2.24) is 5.48 Å². The molecule has 18 heavy (non-hydrogen) atoms.